The predicted molar refractivity (Wildman–Crippen MR) is 87.9 cm³/mol. The Morgan fingerprint density at radius 3 is 2.57 bits per heavy atom. The Morgan fingerprint density at radius 1 is 1.24 bits per heavy atom. The summed E-state index contributed by atoms with van der Waals surface area (Å²) in [6.45, 7) is 4.31. The van der Waals surface area contributed by atoms with E-state index in [0.717, 1.165) is 23.3 Å². The molecule has 114 valence electrons. The second-order valence-electron chi connectivity index (χ2n) is 6.44. The zero-order valence-corrected chi connectivity index (χ0v) is 13.6. The molecule has 3 nitrogen and oxygen atoms in total. The highest BCUT2D eigenvalue weighted by molar-refractivity contribution is 8.00. The molecular formula is C17H24N2OS. The molecule has 0 aromatic heterocycles. The number of hydrogen-bond donors (Lipinski definition) is 2. The van der Waals surface area contributed by atoms with Crippen LogP contribution in [0.2, 0.25) is 0 Å². The van der Waals surface area contributed by atoms with Crippen molar-refractivity contribution in [3.63, 3.8) is 0 Å². The number of fused-ring (bicyclic) bond motifs is 2. The van der Waals surface area contributed by atoms with E-state index in [0.29, 0.717) is 23.4 Å². The minimum absolute atomic E-state index is 0.0880. The maximum atomic E-state index is 12.6. The first kappa shape index (κ1) is 14.9. The van der Waals surface area contributed by atoms with Crippen molar-refractivity contribution >= 4 is 17.7 Å². The molecule has 2 aliphatic rings. The molecule has 2 unspecified atom stereocenters. The van der Waals surface area contributed by atoms with Gasteiger partial charge >= 0.3 is 0 Å². The molecule has 2 aliphatic heterocycles. The highest BCUT2D eigenvalue weighted by atomic mass is 32.2. The first-order valence-corrected chi connectivity index (χ1v) is 8.82. The maximum Gasteiger partial charge on any atom is 0.252 e. The fourth-order valence-electron chi connectivity index (χ4n) is 3.45. The van der Waals surface area contributed by atoms with Gasteiger partial charge in [0.25, 0.3) is 5.91 Å². The highest BCUT2D eigenvalue weighted by Crippen LogP contribution is 2.29. The van der Waals surface area contributed by atoms with E-state index >= 15 is 0 Å². The molecule has 1 aromatic carbocycles. The van der Waals surface area contributed by atoms with Crippen LogP contribution in [-0.4, -0.2) is 29.3 Å². The number of nitrogens with one attached hydrogen (secondary N) is 2. The maximum absolute atomic E-state index is 12.6. The van der Waals surface area contributed by atoms with Crippen molar-refractivity contribution in [3.05, 3.63) is 29.8 Å². The average molecular weight is 304 g/mol. The Kier molecular flexibility index (Phi) is 4.55. The van der Waals surface area contributed by atoms with Gasteiger partial charge < -0.3 is 10.6 Å². The molecule has 0 saturated carbocycles. The predicted octanol–water partition coefficient (Wildman–Crippen LogP) is 3.20. The van der Waals surface area contributed by atoms with Gasteiger partial charge in [-0.15, -0.1) is 11.8 Å². The van der Waals surface area contributed by atoms with E-state index in [4.69, 9.17) is 0 Å². The van der Waals surface area contributed by atoms with Gasteiger partial charge in [-0.25, -0.2) is 0 Å². The van der Waals surface area contributed by atoms with Gasteiger partial charge in [0.05, 0.1) is 5.56 Å². The zero-order valence-electron chi connectivity index (χ0n) is 12.8. The largest absolute Gasteiger partial charge is 0.349 e. The summed E-state index contributed by atoms with van der Waals surface area (Å²) in [5.74, 6) is 0.0880. The quantitative estimate of drug-likeness (QED) is 0.839. The van der Waals surface area contributed by atoms with E-state index in [1.165, 1.54) is 12.8 Å². The normalized spacial score (nSPS) is 27.9. The average Bonchev–Trinajstić information content (AvgIpc) is 2.78. The van der Waals surface area contributed by atoms with Gasteiger partial charge in [0.1, 0.15) is 0 Å². The highest BCUT2D eigenvalue weighted by Gasteiger charge is 2.34. The van der Waals surface area contributed by atoms with Crippen LogP contribution in [0, 0.1) is 0 Å². The second-order valence-corrected chi connectivity index (χ2v) is 8.06. The molecule has 0 radical (unpaired) electrons. The van der Waals surface area contributed by atoms with Crippen molar-refractivity contribution in [1.82, 2.24) is 10.6 Å². The number of amides is 1. The van der Waals surface area contributed by atoms with Gasteiger partial charge in [0.15, 0.2) is 0 Å². The summed E-state index contributed by atoms with van der Waals surface area (Å²) in [6, 6.07) is 9.48. The summed E-state index contributed by atoms with van der Waals surface area (Å²) in [6.07, 6.45) is 4.66. The summed E-state index contributed by atoms with van der Waals surface area (Å²) in [4.78, 5) is 13.7. The number of thioether (sulfide) groups is 1. The SMILES string of the molecule is CC(C)Sc1ccccc1C(=O)NC1CC2CCC(C1)N2. The molecule has 21 heavy (non-hydrogen) atoms. The van der Waals surface area contributed by atoms with E-state index in [2.05, 4.69) is 24.5 Å². The van der Waals surface area contributed by atoms with Crippen LogP contribution >= 0.6 is 11.8 Å². The minimum Gasteiger partial charge on any atom is -0.349 e. The fourth-order valence-corrected chi connectivity index (χ4v) is 4.40. The first-order chi connectivity index (χ1) is 10.1. The summed E-state index contributed by atoms with van der Waals surface area (Å²) in [5, 5.41) is 7.35. The number of hydrogen-bond acceptors (Lipinski definition) is 3. The molecular weight excluding hydrogens is 280 g/mol. The lowest BCUT2D eigenvalue weighted by molar-refractivity contribution is 0.0921. The van der Waals surface area contributed by atoms with Gasteiger partial charge in [-0.2, -0.15) is 0 Å². The van der Waals surface area contributed by atoms with Gasteiger partial charge in [-0.1, -0.05) is 26.0 Å². The van der Waals surface area contributed by atoms with Crippen LogP contribution in [0.3, 0.4) is 0 Å². The minimum atomic E-state index is 0.0880. The van der Waals surface area contributed by atoms with Crippen molar-refractivity contribution in [3.8, 4) is 0 Å². The number of benzene rings is 1. The zero-order chi connectivity index (χ0) is 14.8. The van der Waals surface area contributed by atoms with Crippen LogP contribution in [0.15, 0.2) is 29.2 Å². The van der Waals surface area contributed by atoms with Crippen LogP contribution in [0.25, 0.3) is 0 Å². The molecule has 2 atom stereocenters. The smallest absolute Gasteiger partial charge is 0.252 e. The third-order valence-electron chi connectivity index (χ3n) is 4.30. The van der Waals surface area contributed by atoms with Crippen LogP contribution in [0.1, 0.15) is 49.9 Å². The van der Waals surface area contributed by atoms with E-state index in [-0.39, 0.29) is 5.91 Å². The topological polar surface area (TPSA) is 41.1 Å². The fraction of sp³-hybridized carbons (Fsp3) is 0.588. The molecule has 1 amide bonds. The lowest BCUT2D eigenvalue weighted by Crippen LogP contribution is -2.48. The number of piperidine rings is 1. The molecule has 2 saturated heterocycles. The third kappa shape index (κ3) is 3.61. The molecule has 2 N–H and O–H groups in total. The molecule has 2 heterocycles. The van der Waals surface area contributed by atoms with E-state index in [1.54, 1.807) is 11.8 Å². The standard InChI is InChI=1S/C17H24N2OS/c1-11(2)21-16-6-4-3-5-15(16)17(20)19-14-9-12-7-8-13(10-14)18-12/h3-6,11-14,18H,7-10H2,1-2H3,(H,19,20). The molecule has 2 bridgehead atoms. The monoisotopic (exact) mass is 304 g/mol. The molecule has 4 heteroatoms. The summed E-state index contributed by atoms with van der Waals surface area (Å²) in [7, 11) is 0. The Balaban J connectivity index is 1.68. The molecule has 0 aliphatic carbocycles. The Bertz CT molecular complexity index is 505. The van der Waals surface area contributed by atoms with Crippen LogP contribution in [0.4, 0.5) is 0 Å². The lowest BCUT2D eigenvalue weighted by Gasteiger charge is -2.29. The third-order valence-corrected chi connectivity index (χ3v) is 5.38. The van der Waals surface area contributed by atoms with Crippen molar-refractivity contribution in [2.75, 3.05) is 0 Å². The first-order valence-electron chi connectivity index (χ1n) is 7.94. The Labute approximate surface area is 131 Å². The summed E-state index contributed by atoms with van der Waals surface area (Å²) >= 11 is 1.76. The van der Waals surface area contributed by atoms with Crippen LogP contribution < -0.4 is 10.6 Å². The van der Waals surface area contributed by atoms with Crippen molar-refractivity contribution in [2.24, 2.45) is 0 Å². The summed E-state index contributed by atoms with van der Waals surface area (Å²) < 4.78 is 0. The van der Waals surface area contributed by atoms with E-state index < -0.39 is 0 Å². The summed E-state index contributed by atoms with van der Waals surface area (Å²) in [5.41, 5.74) is 0.821. The number of carbonyl (C=O) groups is 1. The molecule has 0 spiro atoms. The Morgan fingerprint density at radius 2 is 1.90 bits per heavy atom. The van der Waals surface area contributed by atoms with Gasteiger partial charge in [0, 0.05) is 28.3 Å². The Hall–Kier alpha value is -1.00. The van der Waals surface area contributed by atoms with E-state index in [9.17, 15) is 4.79 Å². The van der Waals surface area contributed by atoms with Crippen LogP contribution in [-0.2, 0) is 0 Å². The van der Waals surface area contributed by atoms with Gasteiger partial charge in [-0.3, -0.25) is 4.79 Å². The molecule has 1 aromatic rings. The van der Waals surface area contributed by atoms with Crippen molar-refractivity contribution in [2.45, 2.75) is 67.8 Å². The van der Waals surface area contributed by atoms with Crippen molar-refractivity contribution < 1.29 is 4.79 Å². The van der Waals surface area contributed by atoms with Crippen LogP contribution in [0.5, 0.6) is 0 Å². The number of carbonyl (C=O) groups excluding carboxylic acids is 1. The lowest BCUT2D eigenvalue weighted by atomic mass is 9.99. The van der Waals surface area contributed by atoms with Crippen molar-refractivity contribution in [1.29, 1.82) is 0 Å². The molecule has 3 rings (SSSR count). The van der Waals surface area contributed by atoms with Gasteiger partial charge in [-0.05, 0) is 37.8 Å². The van der Waals surface area contributed by atoms with Gasteiger partial charge in [0.2, 0.25) is 0 Å². The number of rotatable bonds is 4. The van der Waals surface area contributed by atoms with E-state index in [1.807, 2.05) is 24.3 Å². The molecule has 2 fully saturated rings. The second kappa shape index (κ2) is 6.41.